The van der Waals surface area contributed by atoms with E-state index in [4.69, 9.17) is 10.5 Å². The van der Waals surface area contributed by atoms with Crippen molar-refractivity contribution in [2.75, 3.05) is 12.8 Å². The van der Waals surface area contributed by atoms with Gasteiger partial charge in [0.1, 0.15) is 29.8 Å². The van der Waals surface area contributed by atoms with E-state index >= 15 is 0 Å². The third-order valence-corrected chi connectivity index (χ3v) is 10.5. The van der Waals surface area contributed by atoms with E-state index < -0.39 is 19.1 Å². The topological polar surface area (TPSA) is 69.4 Å². The maximum atomic E-state index is 12.0. The second kappa shape index (κ2) is 12.3. The summed E-state index contributed by atoms with van der Waals surface area (Å²) in [5.41, 5.74) is 5.22. The van der Waals surface area contributed by atoms with Crippen LogP contribution in [0, 0.1) is 5.92 Å². The summed E-state index contributed by atoms with van der Waals surface area (Å²) < 4.78 is 5.19. The highest BCUT2D eigenvalue weighted by molar-refractivity contribution is 7.95. The maximum absolute atomic E-state index is 12.0. The number of hydrogen-bond donors (Lipinski definition) is 1. The van der Waals surface area contributed by atoms with Gasteiger partial charge in [0, 0.05) is 6.42 Å². The van der Waals surface area contributed by atoms with Crippen molar-refractivity contribution in [3.05, 3.63) is 91.0 Å². The molecule has 33 heavy (non-hydrogen) atoms. The van der Waals surface area contributed by atoms with Gasteiger partial charge in [-0.05, 0) is 55.7 Å². The minimum atomic E-state index is -1.82. The quantitative estimate of drug-likeness (QED) is 0.249. The first-order chi connectivity index (χ1) is 16.0. The van der Waals surface area contributed by atoms with Crippen LogP contribution in [-0.4, -0.2) is 24.6 Å². The number of esters is 1. The standard InChI is InChI=1S/C28H32NO3P/c1-23(28(29)31)22-32-27(30)20-12-5-13-21-33(24-14-6-2-7-15-24,25-16-8-3-9-17-25)26-18-10-4-11-19-26/h2-4,6-11,14-19,23H,5,12-13,20-22H2,1H3,(H-,29,31)/p+1. The normalized spacial score (nSPS) is 12.2. The van der Waals surface area contributed by atoms with Crippen LogP contribution in [0.3, 0.4) is 0 Å². The Hall–Kier alpha value is -2.97. The summed E-state index contributed by atoms with van der Waals surface area (Å²) >= 11 is 0. The highest BCUT2D eigenvalue weighted by Gasteiger charge is 2.44. The molecule has 0 aliphatic heterocycles. The van der Waals surface area contributed by atoms with Crippen LogP contribution in [0.25, 0.3) is 0 Å². The third-order valence-electron chi connectivity index (χ3n) is 5.95. The van der Waals surface area contributed by atoms with Gasteiger partial charge in [-0.15, -0.1) is 0 Å². The number of hydrogen-bond acceptors (Lipinski definition) is 3. The van der Waals surface area contributed by atoms with Crippen molar-refractivity contribution < 1.29 is 14.3 Å². The van der Waals surface area contributed by atoms with Crippen LogP contribution in [0.4, 0.5) is 0 Å². The molecule has 172 valence electrons. The molecule has 4 nitrogen and oxygen atoms in total. The van der Waals surface area contributed by atoms with Crippen molar-refractivity contribution in [2.45, 2.75) is 32.6 Å². The van der Waals surface area contributed by atoms with E-state index in [0.717, 1.165) is 25.4 Å². The lowest BCUT2D eigenvalue weighted by Gasteiger charge is -2.27. The molecule has 1 atom stereocenters. The Kier molecular flexibility index (Phi) is 9.21. The number of ether oxygens (including phenoxy) is 1. The molecule has 0 spiro atoms. The Morgan fingerprint density at radius 1 is 0.758 bits per heavy atom. The summed E-state index contributed by atoms with van der Waals surface area (Å²) in [6, 6.07) is 32.5. The number of amides is 1. The number of benzene rings is 3. The van der Waals surface area contributed by atoms with Gasteiger partial charge in [0.05, 0.1) is 12.1 Å². The van der Waals surface area contributed by atoms with Crippen LogP contribution >= 0.6 is 7.26 Å². The average Bonchev–Trinajstić information content (AvgIpc) is 2.86. The molecule has 2 N–H and O–H groups in total. The molecule has 3 aromatic rings. The second-order valence-electron chi connectivity index (χ2n) is 8.34. The van der Waals surface area contributed by atoms with Crippen LogP contribution < -0.4 is 21.6 Å². The predicted molar refractivity (Wildman–Crippen MR) is 138 cm³/mol. The fourth-order valence-electron chi connectivity index (χ4n) is 4.05. The van der Waals surface area contributed by atoms with E-state index in [1.54, 1.807) is 6.92 Å². The third kappa shape index (κ3) is 6.52. The van der Waals surface area contributed by atoms with E-state index in [-0.39, 0.29) is 12.6 Å². The van der Waals surface area contributed by atoms with Crippen molar-refractivity contribution in [2.24, 2.45) is 11.7 Å². The Balaban J connectivity index is 1.72. The number of carbonyl (C=O) groups is 2. The van der Waals surface area contributed by atoms with Gasteiger partial charge in [-0.2, -0.15) is 0 Å². The minimum absolute atomic E-state index is 0.0544. The summed E-state index contributed by atoms with van der Waals surface area (Å²) in [5.74, 6) is -1.17. The molecule has 5 heteroatoms. The minimum Gasteiger partial charge on any atom is -0.465 e. The zero-order valence-corrected chi connectivity index (χ0v) is 20.1. The zero-order valence-electron chi connectivity index (χ0n) is 19.2. The Bertz CT molecular complexity index is 912. The van der Waals surface area contributed by atoms with Gasteiger partial charge in [0.15, 0.2) is 0 Å². The molecule has 3 aromatic carbocycles. The fourth-order valence-corrected chi connectivity index (χ4v) is 8.46. The van der Waals surface area contributed by atoms with Crippen molar-refractivity contribution in [1.29, 1.82) is 0 Å². The largest absolute Gasteiger partial charge is 0.465 e. The summed E-state index contributed by atoms with van der Waals surface area (Å²) in [5, 5.41) is 4.13. The van der Waals surface area contributed by atoms with Crippen LogP contribution in [0.5, 0.6) is 0 Å². The molecule has 0 saturated heterocycles. The molecule has 1 unspecified atom stereocenters. The number of unbranched alkanes of at least 4 members (excludes halogenated alkanes) is 2. The van der Waals surface area contributed by atoms with E-state index in [2.05, 4.69) is 91.0 Å². The van der Waals surface area contributed by atoms with Crippen LogP contribution in [-0.2, 0) is 14.3 Å². The first-order valence-electron chi connectivity index (χ1n) is 11.5. The van der Waals surface area contributed by atoms with Crippen molar-refractivity contribution >= 4 is 35.1 Å². The van der Waals surface area contributed by atoms with E-state index in [9.17, 15) is 9.59 Å². The summed E-state index contributed by atoms with van der Waals surface area (Å²) in [6.07, 6.45) is 4.12. The lowest BCUT2D eigenvalue weighted by molar-refractivity contribution is -0.146. The molecule has 0 aromatic heterocycles. The molecule has 1 amide bonds. The number of primary amides is 1. The van der Waals surface area contributed by atoms with E-state index in [0.29, 0.717) is 6.42 Å². The van der Waals surface area contributed by atoms with Gasteiger partial charge < -0.3 is 10.5 Å². The van der Waals surface area contributed by atoms with Crippen LogP contribution in [0.15, 0.2) is 91.0 Å². The second-order valence-corrected chi connectivity index (χ2v) is 12.0. The van der Waals surface area contributed by atoms with Crippen molar-refractivity contribution in [1.82, 2.24) is 0 Å². The lowest BCUT2D eigenvalue weighted by atomic mass is 10.2. The molecule has 0 radical (unpaired) electrons. The summed E-state index contributed by atoms with van der Waals surface area (Å²) in [7, 11) is -1.82. The Labute approximate surface area is 197 Å². The Morgan fingerprint density at radius 3 is 1.64 bits per heavy atom. The van der Waals surface area contributed by atoms with Gasteiger partial charge >= 0.3 is 5.97 Å². The first kappa shape index (κ1) is 24.7. The zero-order chi connectivity index (χ0) is 23.5. The predicted octanol–water partition coefficient (Wildman–Crippen LogP) is 4.21. The lowest BCUT2D eigenvalue weighted by Crippen LogP contribution is -2.33. The SMILES string of the molecule is CC(COC(=O)CCCCC[P+](c1ccccc1)(c1ccccc1)c1ccccc1)C(N)=O. The molecular weight excluding hydrogens is 429 g/mol. The number of carbonyl (C=O) groups excluding carboxylic acids is 2. The Morgan fingerprint density at radius 2 is 1.21 bits per heavy atom. The molecule has 0 heterocycles. The van der Waals surface area contributed by atoms with E-state index in [1.807, 2.05) is 0 Å². The molecule has 0 aliphatic carbocycles. The summed E-state index contributed by atoms with van der Waals surface area (Å²) in [6.45, 7) is 1.72. The highest BCUT2D eigenvalue weighted by Crippen LogP contribution is 2.55. The number of rotatable bonds is 12. The van der Waals surface area contributed by atoms with Gasteiger partial charge in [0.2, 0.25) is 5.91 Å². The van der Waals surface area contributed by atoms with Crippen molar-refractivity contribution in [3.8, 4) is 0 Å². The smallest absolute Gasteiger partial charge is 0.305 e. The first-order valence-corrected chi connectivity index (χ1v) is 13.5. The summed E-state index contributed by atoms with van der Waals surface area (Å²) in [4.78, 5) is 23.1. The van der Waals surface area contributed by atoms with Gasteiger partial charge in [-0.25, -0.2) is 0 Å². The maximum Gasteiger partial charge on any atom is 0.305 e. The molecule has 3 rings (SSSR count). The van der Waals surface area contributed by atoms with Gasteiger partial charge in [-0.3, -0.25) is 9.59 Å². The van der Waals surface area contributed by atoms with Crippen LogP contribution in [0.1, 0.15) is 32.6 Å². The van der Waals surface area contributed by atoms with Crippen molar-refractivity contribution in [3.63, 3.8) is 0 Å². The van der Waals surface area contributed by atoms with Crippen LogP contribution in [0.2, 0.25) is 0 Å². The monoisotopic (exact) mass is 462 g/mol. The molecular formula is C28H33NO3P+. The fraction of sp³-hybridized carbons (Fsp3) is 0.286. The highest BCUT2D eigenvalue weighted by atomic mass is 31.2. The average molecular weight is 463 g/mol. The molecule has 0 bridgehead atoms. The van der Waals surface area contributed by atoms with Gasteiger partial charge in [0.25, 0.3) is 0 Å². The molecule has 0 aliphatic rings. The number of nitrogens with two attached hydrogens (primary N) is 1. The molecule has 0 saturated carbocycles. The van der Waals surface area contributed by atoms with E-state index in [1.165, 1.54) is 15.9 Å². The van der Waals surface area contributed by atoms with Gasteiger partial charge in [-0.1, -0.05) is 61.5 Å². The molecule has 0 fully saturated rings.